The Labute approximate surface area is 89.2 Å². The number of carbonyl (C=O) groups excluding carboxylic acids is 2. The quantitative estimate of drug-likeness (QED) is 0.580. The number of rotatable bonds is 2. The Morgan fingerprint density at radius 3 is 2.87 bits per heavy atom. The van der Waals surface area contributed by atoms with Crippen molar-refractivity contribution >= 4 is 11.8 Å². The molecule has 2 aliphatic heterocycles. The molecule has 2 fully saturated rings. The topological polar surface area (TPSA) is 61.4 Å². The van der Waals surface area contributed by atoms with Gasteiger partial charge in [0, 0.05) is 12.6 Å². The summed E-state index contributed by atoms with van der Waals surface area (Å²) < 4.78 is 0. The van der Waals surface area contributed by atoms with Crippen molar-refractivity contribution in [1.29, 1.82) is 0 Å². The number of hydrogen-bond donors (Lipinski definition) is 2. The van der Waals surface area contributed by atoms with E-state index in [9.17, 15) is 9.59 Å². The summed E-state index contributed by atoms with van der Waals surface area (Å²) in [5.41, 5.74) is 0. The van der Waals surface area contributed by atoms with Gasteiger partial charge in [-0.15, -0.1) is 0 Å². The molecule has 0 aromatic rings. The van der Waals surface area contributed by atoms with Crippen LogP contribution < -0.4 is 10.6 Å². The summed E-state index contributed by atoms with van der Waals surface area (Å²) in [7, 11) is 1.94. The molecule has 0 bridgehead atoms. The van der Waals surface area contributed by atoms with E-state index in [1.165, 1.54) is 0 Å². The first kappa shape index (κ1) is 10.6. The fraction of sp³-hybridized carbons (Fsp3) is 0.800. The molecule has 5 heteroatoms. The number of nitrogens with zero attached hydrogens (tertiary/aromatic N) is 1. The second-order valence-electron chi connectivity index (χ2n) is 4.26. The molecule has 2 saturated heterocycles. The maximum Gasteiger partial charge on any atom is 0.244 e. The van der Waals surface area contributed by atoms with Gasteiger partial charge in [-0.05, 0) is 26.4 Å². The molecular formula is C10H17N3O2. The first-order valence-corrected chi connectivity index (χ1v) is 5.45. The monoisotopic (exact) mass is 211 g/mol. The zero-order chi connectivity index (χ0) is 10.8. The van der Waals surface area contributed by atoms with E-state index in [2.05, 4.69) is 15.5 Å². The highest BCUT2D eigenvalue weighted by atomic mass is 16.2. The van der Waals surface area contributed by atoms with Gasteiger partial charge in [-0.2, -0.15) is 0 Å². The van der Waals surface area contributed by atoms with Crippen LogP contribution in [0.2, 0.25) is 0 Å². The fourth-order valence-corrected chi connectivity index (χ4v) is 2.36. The number of amides is 2. The van der Waals surface area contributed by atoms with E-state index in [-0.39, 0.29) is 17.9 Å². The number of imide groups is 1. The highest BCUT2D eigenvalue weighted by Gasteiger charge is 2.36. The molecule has 2 amide bonds. The van der Waals surface area contributed by atoms with Crippen LogP contribution in [0.15, 0.2) is 0 Å². The van der Waals surface area contributed by atoms with E-state index >= 15 is 0 Å². The lowest BCUT2D eigenvalue weighted by atomic mass is 10.0. The van der Waals surface area contributed by atoms with Crippen molar-refractivity contribution in [3.63, 3.8) is 0 Å². The number of hydrogen-bond acceptors (Lipinski definition) is 4. The van der Waals surface area contributed by atoms with Crippen molar-refractivity contribution in [2.45, 2.75) is 31.3 Å². The fourth-order valence-electron chi connectivity index (χ4n) is 2.36. The van der Waals surface area contributed by atoms with Gasteiger partial charge in [-0.1, -0.05) is 0 Å². The third-order valence-corrected chi connectivity index (χ3v) is 3.25. The zero-order valence-corrected chi connectivity index (χ0v) is 8.95. The van der Waals surface area contributed by atoms with Gasteiger partial charge in [-0.3, -0.25) is 19.8 Å². The second kappa shape index (κ2) is 4.28. The first-order chi connectivity index (χ1) is 7.20. The van der Waals surface area contributed by atoms with Crippen molar-refractivity contribution in [2.24, 2.45) is 0 Å². The molecule has 0 aromatic heterocycles. The molecule has 0 spiro atoms. The number of likely N-dealkylation sites (N-methyl/N-ethyl adjacent to an activating group) is 1. The van der Waals surface area contributed by atoms with E-state index < -0.39 is 0 Å². The molecule has 84 valence electrons. The minimum Gasteiger partial charge on any atom is -0.316 e. The van der Waals surface area contributed by atoms with Crippen LogP contribution in [0.5, 0.6) is 0 Å². The van der Waals surface area contributed by atoms with Gasteiger partial charge in [0.2, 0.25) is 11.8 Å². The minimum atomic E-state index is -0.228. The number of likely N-dealkylation sites (tertiary alicyclic amines) is 1. The molecule has 2 aliphatic rings. The van der Waals surface area contributed by atoms with E-state index in [0.717, 1.165) is 25.9 Å². The standard InChI is InChI=1S/C10H17N3O2/c1-11-7-3-2-4-13(6-7)8-5-9(14)12-10(8)15/h7-8,11H,2-6H2,1H3,(H,12,14,15). The molecule has 2 heterocycles. The number of carbonyl (C=O) groups is 2. The van der Waals surface area contributed by atoms with Crippen molar-refractivity contribution in [3.8, 4) is 0 Å². The van der Waals surface area contributed by atoms with Crippen molar-refractivity contribution in [3.05, 3.63) is 0 Å². The molecule has 0 saturated carbocycles. The van der Waals surface area contributed by atoms with E-state index in [1.54, 1.807) is 0 Å². The van der Waals surface area contributed by atoms with Crippen LogP contribution in [0, 0.1) is 0 Å². The van der Waals surface area contributed by atoms with Crippen LogP contribution in [0.4, 0.5) is 0 Å². The maximum absolute atomic E-state index is 11.5. The average Bonchev–Trinajstić information content (AvgIpc) is 2.58. The smallest absolute Gasteiger partial charge is 0.244 e. The van der Waals surface area contributed by atoms with Crippen LogP contribution in [0.1, 0.15) is 19.3 Å². The maximum atomic E-state index is 11.5. The molecule has 0 radical (unpaired) electrons. The van der Waals surface area contributed by atoms with Crippen LogP contribution in [-0.4, -0.2) is 48.9 Å². The Morgan fingerprint density at radius 1 is 1.47 bits per heavy atom. The Balaban J connectivity index is 1.98. The molecule has 15 heavy (non-hydrogen) atoms. The molecule has 2 unspecified atom stereocenters. The molecule has 0 aliphatic carbocycles. The third kappa shape index (κ3) is 2.18. The van der Waals surface area contributed by atoms with Crippen molar-refractivity contribution in [1.82, 2.24) is 15.5 Å². The highest BCUT2D eigenvalue weighted by molar-refractivity contribution is 6.05. The van der Waals surface area contributed by atoms with Gasteiger partial charge in [0.15, 0.2) is 0 Å². The molecule has 5 nitrogen and oxygen atoms in total. The van der Waals surface area contributed by atoms with Crippen molar-refractivity contribution < 1.29 is 9.59 Å². The van der Waals surface area contributed by atoms with Crippen molar-refractivity contribution in [2.75, 3.05) is 20.1 Å². The van der Waals surface area contributed by atoms with Gasteiger partial charge in [0.25, 0.3) is 0 Å². The zero-order valence-electron chi connectivity index (χ0n) is 8.95. The van der Waals surface area contributed by atoms with E-state index in [0.29, 0.717) is 12.5 Å². The Bertz CT molecular complexity index is 280. The van der Waals surface area contributed by atoms with Gasteiger partial charge in [-0.25, -0.2) is 0 Å². The summed E-state index contributed by atoms with van der Waals surface area (Å²) >= 11 is 0. The number of nitrogens with one attached hydrogen (secondary N) is 2. The summed E-state index contributed by atoms with van der Waals surface area (Å²) in [6, 6.07) is 0.218. The normalized spacial score (nSPS) is 33.1. The van der Waals surface area contributed by atoms with Crippen LogP contribution in [0.25, 0.3) is 0 Å². The summed E-state index contributed by atoms with van der Waals surface area (Å²) in [6.45, 7) is 1.78. The lowest BCUT2D eigenvalue weighted by Crippen LogP contribution is -2.50. The summed E-state index contributed by atoms with van der Waals surface area (Å²) in [5, 5.41) is 5.58. The van der Waals surface area contributed by atoms with E-state index in [1.807, 2.05) is 7.05 Å². The molecule has 2 N–H and O–H groups in total. The van der Waals surface area contributed by atoms with Gasteiger partial charge < -0.3 is 5.32 Å². The Kier molecular flexibility index (Phi) is 3.02. The summed E-state index contributed by atoms with van der Waals surface area (Å²) in [6.07, 6.45) is 2.56. The third-order valence-electron chi connectivity index (χ3n) is 3.25. The molecular weight excluding hydrogens is 194 g/mol. The predicted octanol–water partition coefficient (Wildman–Crippen LogP) is -0.915. The lowest BCUT2D eigenvalue weighted by molar-refractivity contribution is -0.126. The first-order valence-electron chi connectivity index (χ1n) is 5.45. The van der Waals surface area contributed by atoms with Crippen LogP contribution >= 0.6 is 0 Å². The summed E-state index contributed by atoms with van der Waals surface area (Å²) in [4.78, 5) is 24.7. The average molecular weight is 211 g/mol. The molecule has 2 rings (SSSR count). The van der Waals surface area contributed by atoms with E-state index in [4.69, 9.17) is 0 Å². The van der Waals surface area contributed by atoms with Gasteiger partial charge in [0.1, 0.15) is 0 Å². The Morgan fingerprint density at radius 2 is 2.27 bits per heavy atom. The van der Waals surface area contributed by atoms with Crippen LogP contribution in [-0.2, 0) is 9.59 Å². The molecule has 2 atom stereocenters. The van der Waals surface area contributed by atoms with Crippen LogP contribution in [0.3, 0.4) is 0 Å². The highest BCUT2D eigenvalue weighted by Crippen LogP contribution is 2.17. The molecule has 0 aromatic carbocycles. The van der Waals surface area contributed by atoms with Gasteiger partial charge >= 0.3 is 0 Å². The lowest BCUT2D eigenvalue weighted by Gasteiger charge is -2.35. The minimum absolute atomic E-state index is 0.128. The van der Waals surface area contributed by atoms with Gasteiger partial charge in [0.05, 0.1) is 12.5 Å². The summed E-state index contributed by atoms with van der Waals surface area (Å²) in [5.74, 6) is -0.270. The second-order valence-corrected chi connectivity index (χ2v) is 4.26. The predicted molar refractivity (Wildman–Crippen MR) is 55.2 cm³/mol. The SMILES string of the molecule is CNC1CCCN(C2CC(=O)NC2=O)C1. The number of piperidine rings is 1. The Hall–Kier alpha value is -0.940. The largest absolute Gasteiger partial charge is 0.316 e.